The van der Waals surface area contributed by atoms with Gasteiger partial charge < -0.3 is 5.73 Å². The van der Waals surface area contributed by atoms with Gasteiger partial charge in [0.15, 0.2) is 0 Å². The van der Waals surface area contributed by atoms with E-state index >= 15 is 0 Å². The van der Waals surface area contributed by atoms with Gasteiger partial charge in [0, 0.05) is 25.0 Å². The van der Waals surface area contributed by atoms with Crippen molar-refractivity contribution in [2.45, 2.75) is 24.4 Å². The van der Waals surface area contributed by atoms with Crippen LogP contribution in [-0.2, 0) is 19.3 Å². The lowest BCUT2D eigenvalue weighted by Gasteiger charge is -2.02. The minimum absolute atomic E-state index is 0.531. The molecule has 2 rings (SSSR count). The van der Waals surface area contributed by atoms with E-state index in [9.17, 15) is 0 Å². The first-order valence-corrected chi connectivity index (χ1v) is 6.28. The standard InChI is InChI=1S/C9H15N7S/c1-7-5-8(15(2)12-7)6-17-9-11-13-14-16(9)4-3-10/h5H,3-4,6,10H2,1-2H3. The Kier molecular flexibility index (Phi) is 3.75. The monoisotopic (exact) mass is 253 g/mol. The van der Waals surface area contributed by atoms with Crippen LogP contribution in [0.25, 0.3) is 0 Å². The SMILES string of the molecule is Cc1cc(CSc2nnnn2CCN)n(C)n1. The van der Waals surface area contributed by atoms with Crippen molar-refractivity contribution in [1.29, 1.82) is 0 Å². The Labute approximate surface area is 103 Å². The number of rotatable bonds is 5. The van der Waals surface area contributed by atoms with Gasteiger partial charge in [0.05, 0.1) is 12.2 Å². The van der Waals surface area contributed by atoms with Crippen LogP contribution in [0, 0.1) is 6.92 Å². The molecular formula is C9H15N7S. The third kappa shape index (κ3) is 2.83. The van der Waals surface area contributed by atoms with Gasteiger partial charge in [0.25, 0.3) is 0 Å². The molecule has 0 spiro atoms. The lowest BCUT2D eigenvalue weighted by atomic mass is 10.4. The zero-order valence-electron chi connectivity index (χ0n) is 9.87. The average molecular weight is 253 g/mol. The summed E-state index contributed by atoms with van der Waals surface area (Å²) in [6.45, 7) is 3.15. The van der Waals surface area contributed by atoms with E-state index in [1.807, 2.05) is 18.7 Å². The van der Waals surface area contributed by atoms with Crippen molar-refractivity contribution in [3.8, 4) is 0 Å². The maximum Gasteiger partial charge on any atom is 0.209 e. The highest BCUT2D eigenvalue weighted by Gasteiger charge is 2.08. The van der Waals surface area contributed by atoms with E-state index in [1.165, 1.54) is 0 Å². The molecule has 0 fully saturated rings. The summed E-state index contributed by atoms with van der Waals surface area (Å²) < 4.78 is 3.59. The Bertz CT molecular complexity index is 489. The van der Waals surface area contributed by atoms with Crippen LogP contribution in [0.15, 0.2) is 11.2 Å². The zero-order valence-corrected chi connectivity index (χ0v) is 10.7. The number of thioether (sulfide) groups is 1. The molecule has 0 bridgehead atoms. The summed E-state index contributed by atoms with van der Waals surface area (Å²) in [4.78, 5) is 0. The summed E-state index contributed by atoms with van der Waals surface area (Å²) in [5, 5.41) is 16.6. The summed E-state index contributed by atoms with van der Waals surface area (Å²) >= 11 is 1.58. The molecule has 0 unspecified atom stereocenters. The Morgan fingerprint density at radius 3 is 2.94 bits per heavy atom. The van der Waals surface area contributed by atoms with Crippen molar-refractivity contribution in [3.05, 3.63) is 17.5 Å². The predicted octanol–water partition coefficient (Wildman–Crippen LogP) is -0.0340. The van der Waals surface area contributed by atoms with Crippen molar-refractivity contribution in [2.24, 2.45) is 12.8 Å². The van der Waals surface area contributed by atoms with Gasteiger partial charge in [-0.1, -0.05) is 11.8 Å². The van der Waals surface area contributed by atoms with Gasteiger partial charge in [-0.25, -0.2) is 4.68 Å². The van der Waals surface area contributed by atoms with Gasteiger partial charge in [0.1, 0.15) is 0 Å². The van der Waals surface area contributed by atoms with Crippen LogP contribution in [0.5, 0.6) is 0 Å². The van der Waals surface area contributed by atoms with E-state index in [1.54, 1.807) is 16.4 Å². The summed E-state index contributed by atoms with van der Waals surface area (Å²) in [7, 11) is 1.94. The van der Waals surface area contributed by atoms with E-state index in [-0.39, 0.29) is 0 Å². The molecule has 2 aromatic rings. The minimum atomic E-state index is 0.531. The number of nitrogens with zero attached hydrogens (tertiary/aromatic N) is 6. The normalized spacial score (nSPS) is 11.0. The van der Waals surface area contributed by atoms with Crippen molar-refractivity contribution < 1.29 is 0 Å². The second kappa shape index (κ2) is 5.28. The van der Waals surface area contributed by atoms with Crippen LogP contribution in [0.1, 0.15) is 11.4 Å². The quantitative estimate of drug-likeness (QED) is 0.753. The fourth-order valence-electron chi connectivity index (χ4n) is 1.50. The highest BCUT2D eigenvalue weighted by Crippen LogP contribution is 2.19. The summed E-state index contributed by atoms with van der Waals surface area (Å²) in [5.41, 5.74) is 7.65. The first kappa shape index (κ1) is 12.1. The van der Waals surface area contributed by atoms with Gasteiger partial charge in [-0.05, 0) is 23.4 Å². The van der Waals surface area contributed by atoms with Crippen molar-refractivity contribution in [1.82, 2.24) is 30.0 Å². The van der Waals surface area contributed by atoms with Gasteiger partial charge in [-0.15, -0.1) is 5.10 Å². The van der Waals surface area contributed by atoms with Crippen LogP contribution in [-0.4, -0.2) is 36.5 Å². The molecule has 0 aliphatic carbocycles. The molecule has 8 heteroatoms. The summed E-state index contributed by atoms with van der Waals surface area (Å²) in [6.07, 6.45) is 0. The summed E-state index contributed by atoms with van der Waals surface area (Å²) in [5.74, 6) is 0.794. The van der Waals surface area contributed by atoms with Crippen molar-refractivity contribution >= 4 is 11.8 Å². The van der Waals surface area contributed by atoms with E-state index in [0.29, 0.717) is 13.1 Å². The van der Waals surface area contributed by atoms with E-state index in [4.69, 9.17) is 5.73 Å². The molecule has 0 saturated heterocycles. The lowest BCUT2D eigenvalue weighted by Crippen LogP contribution is -2.12. The number of aryl methyl sites for hydroxylation is 2. The zero-order chi connectivity index (χ0) is 12.3. The number of nitrogens with two attached hydrogens (primary N) is 1. The van der Waals surface area contributed by atoms with E-state index < -0.39 is 0 Å². The summed E-state index contributed by atoms with van der Waals surface area (Å²) in [6, 6.07) is 2.06. The molecule has 0 aliphatic heterocycles. The Hall–Kier alpha value is -1.41. The Morgan fingerprint density at radius 1 is 1.47 bits per heavy atom. The minimum Gasteiger partial charge on any atom is -0.329 e. The maximum absolute atomic E-state index is 5.48. The molecular weight excluding hydrogens is 238 g/mol. The fraction of sp³-hybridized carbons (Fsp3) is 0.556. The topological polar surface area (TPSA) is 87.4 Å². The number of tetrazole rings is 1. The second-order valence-electron chi connectivity index (χ2n) is 3.66. The van der Waals surface area contributed by atoms with Gasteiger partial charge in [-0.3, -0.25) is 4.68 Å². The third-order valence-electron chi connectivity index (χ3n) is 2.29. The molecule has 0 amide bonds. The predicted molar refractivity (Wildman–Crippen MR) is 64.4 cm³/mol. The average Bonchev–Trinajstić information content (AvgIpc) is 2.83. The lowest BCUT2D eigenvalue weighted by molar-refractivity contribution is 0.556. The van der Waals surface area contributed by atoms with Crippen LogP contribution in [0.3, 0.4) is 0 Å². The fourth-order valence-corrected chi connectivity index (χ4v) is 2.42. The molecule has 0 saturated carbocycles. The molecule has 0 aliphatic rings. The van der Waals surface area contributed by atoms with Gasteiger partial charge in [0.2, 0.25) is 5.16 Å². The molecule has 2 N–H and O–H groups in total. The van der Waals surface area contributed by atoms with Crippen LogP contribution in [0.2, 0.25) is 0 Å². The van der Waals surface area contributed by atoms with Crippen LogP contribution >= 0.6 is 11.8 Å². The van der Waals surface area contributed by atoms with Gasteiger partial charge >= 0.3 is 0 Å². The first-order chi connectivity index (χ1) is 8.20. The molecule has 0 aromatic carbocycles. The number of aromatic nitrogens is 6. The van der Waals surface area contributed by atoms with Crippen molar-refractivity contribution in [3.63, 3.8) is 0 Å². The molecule has 2 aromatic heterocycles. The van der Waals surface area contributed by atoms with Gasteiger partial charge in [-0.2, -0.15) is 5.10 Å². The smallest absolute Gasteiger partial charge is 0.209 e. The molecule has 0 atom stereocenters. The van der Waals surface area contributed by atoms with Crippen LogP contribution in [0.4, 0.5) is 0 Å². The highest BCUT2D eigenvalue weighted by molar-refractivity contribution is 7.98. The number of hydrogen-bond donors (Lipinski definition) is 1. The molecule has 92 valence electrons. The highest BCUT2D eigenvalue weighted by atomic mass is 32.2. The molecule has 17 heavy (non-hydrogen) atoms. The number of hydrogen-bond acceptors (Lipinski definition) is 6. The van der Waals surface area contributed by atoms with Crippen LogP contribution < -0.4 is 5.73 Å². The first-order valence-electron chi connectivity index (χ1n) is 5.29. The maximum atomic E-state index is 5.48. The molecule has 0 radical (unpaired) electrons. The van der Waals surface area contributed by atoms with Crippen molar-refractivity contribution in [2.75, 3.05) is 6.54 Å². The van der Waals surface area contributed by atoms with E-state index in [0.717, 1.165) is 22.3 Å². The Morgan fingerprint density at radius 2 is 2.29 bits per heavy atom. The largest absolute Gasteiger partial charge is 0.329 e. The van der Waals surface area contributed by atoms with E-state index in [2.05, 4.69) is 26.7 Å². The third-order valence-corrected chi connectivity index (χ3v) is 3.28. The second-order valence-corrected chi connectivity index (χ2v) is 4.61. The Balaban J connectivity index is 2.02. The molecule has 7 nitrogen and oxygen atoms in total. The molecule has 2 heterocycles.